The lowest BCUT2D eigenvalue weighted by Gasteiger charge is -2.06. The highest BCUT2D eigenvalue weighted by molar-refractivity contribution is 6.30. The van der Waals surface area contributed by atoms with E-state index in [0.29, 0.717) is 22.8 Å². The normalized spacial score (nSPS) is 19.0. The van der Waals surface area contributed by atoms with Gasteiger partial charge in [0.1, 0.15) is 5.82 Å². The molecule has 1 aliphatic carbocycles. The van der Waals surface area contributed by atoms with Crippen LogP contribution in [0.3, 0.4) is 0 Å². The fourth-order valence-corrected chi connectivity index (χ4v) is 2.53. The molecular weight excluding hydrogens is 319 g/mol. The average Bonchev–Trinajstić information content (AvgIpc) is 3.30. The molecule has 1 fully saturated rings. The second-order valence-electron chi connectivity index (χ2n) is 5.44. The van der Waals surface area contributed by atoms with Gasteiger partial charge in [-0.2, -0.15) is 0 Å². The van der Waals surface area contributed by atoms with E-state index in [4.69, 9.17) is 11.6 Å². The van der Waals surface area contributed by atoms with Gasteiger partial charge >= 0.3 is 0 Å². The van der Waals surface area contributed by atoms with E-state index in [1.54, 1.807) is 24.3 Å². The predicted molar refractivity (Wildman–Crippen MR) is 86.7 cm³/mol. The van der Waals surface area contributed by atoms with Crippen molar-refractivity contribution >= 4 is 34.8 Å². The number of halogens is 2. The minimum Gasteiger partial charge on any atom is -0.326 e. The van der Waals surface area contributed by atoms with E-state index in [1.165, 1.54) is 24.3 Å². The van der Waals surface area contributed by atoms with E-state index in [1.807, 2.05) is 0 Å². The lowest BCUT2D eigenvalue weighted by Crippen LogP contribution is -2.20. The number of rotatable bonds is 4. The Morgan fingerprint density at radius 3 is 2.17 bits per heavy atom. The van der Waals surface area contributed by atoms with Gasteiger partial charge in [-0.1, -0.05) is 17.7 Å². The Hall–Kier alpha value is -2.40. The molecule has 1 aliphatic rings. The van der Waals surface area contributed by atoms with Gasteiger partial charge in [-0.25, -0.2) is 4.39 Å². The summed E-state index contributed by atoms with van der Waals surface area (Å²) in [5.74, 6) is -1.52. The molecule has 3 rings (SSSR count). The largest absolute Gasteiger partial charge is 0.326 e. The Labute approximate surface area is 137 Å². The third-order valence-electron chi connectivity index (χ3n) is 3.67. The van der Waals surface area contributed by atoms with Gasteiger partial charge in [-0.15, -0.1) is 0 Å². The maximum absolute atomic E-state index is 12.8. The lowest BCUT2D eigenvalue weighted by atomic mass is 10.2. The van der Waals surface area contributed by atoms with Crippen molar-refractivity contribution in [1.82, 2.24) is 0 Å². The van der Waals surface area contributed by atoms with Gasteiger partial charge in [0.25, 0.3) is 0 Å². The first-order chi connectivity index (χ1) is 11.0. The lowest BCUT2D eigenvalue weighted by molar-refractivity contribution is -0.122. The van der Waals surface area contributed by atoms with Crippen molar-refractivity contribution in [2.75, 3.05) is 10.6 Å². The van der Waals surface area contributed by atoms with Crippen molar-refractivity contribution in [3.8, 4) is 0 Å². The van der Waals surface area contributed by atoms with Crippen LogP contribution in [0.5, 0.6) is 0 Å². The summed E-state index contributed by atoms with van der Waals surface area (Å²) >= 11 is 5.86. The molecule has 0 bridgehead atoms. The van der Waals surface area contributed by atoms with E-state index in [2.05, 4.69) is 10.6 Å². The number of hydrogen-bond donors (Lipinski definition) is 2. The Balaban J connectivity index is 1.55. The Morgan fingerprint density at radius 1 is 0.957 bits per heavy atom. The van der Waals surface area contributed by atoms with Crippen LogP contribution in [0.4, 0.5) is 15.8 Å². The molecule has 0 saturated heterocycles. The SMILES string of the molecule is O=C(Nc1ccc(F)cc1)C1CC1C(=O)Nc1cccc(Cl)c1. The quantitative estimate of drug-likeness (QED) is 0.897. The van der Waals surface area contributed by atoms with Crippen molar-refractivity contribution in [3.63, 3.8) is 0 Å². The molecule has 2 atom stereocenters. The smallest absolute Gasteiger partial charge is 0.228 e. The fourth-order valence-electron chi connectivity index (χ4n) is 2.34. The highest BCUT2D eigenvalue weighted by Gasteiger charge is 2.48. The predicted octanol–water partition coefficient (Wildman–Crippen LogP) is 3.69. The molecule has 0 aromatic heterocycles. The maximum atomic E-state index is 12.8. The molecule has 0 heterocycles. The van der Waals surface area contributed by atoms with Gasteiger partial charge in [0.2, 0.25) is 11.8 Å². The van der Waals surface area contributed by atoms with E-state index in [-0.39, 0.29) is 29.5 Å². The monoisotopic (exact) mass is 332 g/mol. The molecule has 0 radical (unpaired) electrons. The van der Waals surface area contributed by atoms with Crippen LogP contribution in [-0.2, 0) is 9.59 Å². The number of nitrogens with one attached hydrogen (secondary N) is 2. The zero-order chi connectivity index (χ0) is 16.4. The molecule has 2 unspecified atom stereocenters. The second kappa shape index (κ2) is 6.38. The first-order valence-corrected chi connectivity index (χ1v) is 7.53. The van der Waals surface area contributed by atoms with Crippen LogP contribution in [0.15, 0.2) is 48.5 Å². The molecule has 2 aromatic carbocycles. The summed E-state index contributed by atoms with van der Waals surface area (Å²) in [5.41, 5.74) is 1.12. The van der Waals surface area contributed by atoms with Gasteiger partial charge in [-0.3, -0.25) is 9.59 Å². The van der Waals surface area contributed by atoms with Gasteiger partial charge in [-0.05, 0) is 48.9 Å². The third kappa shape index (κ3) is 3.87. The van der Waals surface area contributed by atoms with Crippen LogP contribution in [-0.4, -0.2) is 11.8 Å². The van der Waals surface area contributed by atoms with Crippen LogP contribution in [0.2, 0.25) is 5.02 Å². The minimum absolute atomic E-state index is 0.202. The molecule has 1 saturated carbocycles. The van der Waals surface area contributed by atoms with Crippen LogP contribution in [0.1, 0.15) is 6.42 Å². The molecule has 0 spiro atoms. The van der Waals surface area contributed by atoms with E-state index in [9.17, 15) is 14.0 Å². The van der Waals surface area contributed by atoms with E-state index in [0.717, 1.165) is 0 Å². The summed E-state index contributed by atoms with van der Waals surface area (Å²) in [6.07, 6.45) is 0.499. The number of carbonyl (C=O) groups excluding carboxylic acids is 2. The van der Waals surface area contributed by atoms with Gasteiger partial charge in [0, 0.05) is 16.4 Å². The molecule has 118 valence electrons. The molecule has 2 aromatic rings. The van der Waals surface area contributed by atoms with Crippen LogP contribution in [0, 0.1) is 17.7 Å². The first-order valence-electron chi connectivity index (χ1n) is 7.16. The van der Waals surface area contributed by atoms with Crippen LogP contribution in [0.25, 0.3) is 0 Å². The topological polar surface area (TPSA) is 58.2 Å². The number of anilines is 2. The summed E-state index contributed by atoms with van der Waals surface area (Å²) in [6.45, 7) is 0. The van der Waals surface area contributed by atoms with Crippen molar-refractivity contribution in [1.29, 1.82) is 0 Å². The highest BCUT2D eigenvalue weighted by atomic mass is 35.5. The zero-order valence-corrected chi connectivity index (χ0v) is 12.8. The number of amides is 2. The van der Waals surface area contributed by atoms with Crippen molar-refractivity contribution in [2.24, 2.45) is 11.8 Å². The number of benzene rings is 2. The molecular formula is C17H14ClFN2O2. The summed E-state index contributed by atoms with van der Waals surface area (Å²) in [7, 11) is 0. The van der Waals surface area contributed by atoms with Crippen LogP contribution >= 0.6 is 11.6 Å². The maximum Gasteiger partial charge on any atom is 0.228 e. The molecule has 4 nitrogen and oxygen atoms in total. The van der Waals surface area contributed by atoms with E-state index >= 15 is 0 Å². The van der Waals surface area contributed by atoms with Gasteiger partial charge in [0.05, 0.1) is 11.8 Å². The Morgan fingerprint density at radius 2 is 1.57 bits per heavy atom. The number of hydrogen-bond acceptors (Lipinski definition) is 2. The van der Waals surface area contributed by atoms with Gasteiger partial charge < -0.3 is 10.6 Å². The first kappa shape index (κ1) is 15.5. The Bertz CT molecular complexity index is 749. The Kier molecular flexibility index (Phi) is 4.30. The molecule has 2 N–H and O–H groups in total. The second-order valence-corrected chi connectivity index (χ2v) is 5.88. The third-order valence-corrected chi connectivity index (χ3v) is 3.90. The molecule has 2 amide bonds. The van der Waals surface area contributed by atoms with E-state index < -0.39 is 0 Å². The summed E-state index contributed by atoms with van der Waals surface area (Å²) in [5, 5.41) is 5.96. The molecule has 23 heavy (non-hydrogen) atoms. The molecule has 0 aliphatic heterocycles. The van der Waals surface area contributed by atoms with Crippen LogP contribution < -0.4 is 10.6 Å². The van der Waals surface area contributed by atoms with Gasteiger partial charge in [0.15, 0.2) is 0 Å². The zero-order valence-electron chi connectivity index (χ0n) is 12.1. The van der Waals surface area contributed by atoms with Crippen molar-refractivity contribution < 1.29 is 14.0 Å². The highest BCUT2D eigenvalue weighted by Crippen LogP contribution is 2.40. The summed E-state index contributed by atoms with van der Waals surface area (Å²) < 4.78 is 12.8. The summed E-state index contributed by atoms with van der Waals surface area (Å²) in [6, 6.07) is 12.3. The average molecular weight is 333 g/mol. The standard InChI is InChI=1S/C17H14ClFN2O2/c18-10-2-1-3-13(8-10)21-17(23)15-9-14(15)16(22)20-12-6-4-11(19)5-7-12/h1-8,14-15H,9H2,(H,20,22)(H,21,23). The van der Waals surface area contributed by atoms with Crippen molar-refractivity contribution in [2.45, 2.75) is 6.42 Å². The van der Waals surface area contributed by atoms with Crippen molar-refractivity contribution in [3.05, 3.63) is 59.4 Å². The summed E-state index contributed by atoms with van der Waals surface area (Å²) in [4.78, 5) is 24.2. The molecule has 6 heteroatoms. The fraction of sp³-hybridized carbons (Fsp3) is 0.176. The number of carbonyl (C=O) groups is 2. The minimum atomic E-state index is -0.367.